The first-order chi connectivity index (χ1) is 7.70. The van der Waals surface area contributed by atoms with Crippen LogP contribution in [0.15, 0.2) is 18.2 Å². The molecule has 1 aromatic carbocycles. The minimum absolute atomic E-state index is 0.178. The van der Waals surface area contributed by atoms with Gasteiger partial charge in [0.25, 0.3) is 0 Å². The highest BCUT2D eigenvalue weighted by Crippen LogP contribution is 2.27. The highest BCUT2D eigenvalue weighted by Gasteiger charge is 2.14. The normalized spacial score (nSPS) is 11.4. The van der Waals surface area contributed by atoms with Gasteiger partial charge in [0.15, 0.2) is 11.6 Å². The van der Waals surface area contributed by atoms with Crippen LogP contribution in [0.2, 0.25) is 0 Å². The van der Waals surface area contributed by atoms with E-state index in [1.807, 2.05) is 20.8 Å². The lowest BCUT2D eigenvalue weighted by Gasteiger charge is -2.12. The van der Waals surface area contributed by atoms with Crippen molar-refractivity contribution in [1.29, 1.82) is 0 Å². The van der Waals surface area contributed by atoms with Gasteiger partial charge in [-0.2, -0.15) is 0 Å². The fourth-order valence-electron chi connectivity index (χ4n) is 1.37. The number of hydrogen-bond donors (Lipinski definition) is 1. The molecule has 0 aliphatic carbocycles. The molecule has 0 amide bonds. The summed E-state index contributed by atoms with van der Waals surface area (Å²) in [6.45, 7) is 5.95. The van der Waals surface area contributed by atoms with Crippen LogP contribution in [-0.4, -0.2) is 12.2 Å². The van der Waals surface area contributed by atoms with Crippen LogP contribution in [0.5, 0.6) is 5.75 Å². The van der Waals surface area contributed by atoms with Gasteiger partial charge in [-0.15, -0.1) is 0 Å². The number of methoxy groups -OCH3 is 1. The quantitative estimate of drug-likeness (QED) is 0.851. The van der Waals surface area contributed by atoms with Crippen molar-refractivity contribution in [3.8, 4) is 5.75 Å². The van der Waals surface area contributed by atoms with E-state index in [0.717, 1.165) is 6.42 Å². The van der Waals surface area contributed by atoms with Crippen LogP contribution in [0, 0.1) is 5.82 Å². The zero-order valence-electron chi connectivity index (χ0n) is 10.5. The molecule has 0 bridgehead atoms. The second kappa shape index (κ2) is 8.11. The number of halogens is 1. The minimum atomic E-state index is -0.741. The fourth-order valence-corrected chi connectivity index (χ4v) is 1.37. The zero-order valence-corrected chi connectivity index (χ0v) is 10.5. The van der Waals surface area contributed by atoms with E-state index in [4.69, 9.17) is 4.74 Å². The van der Waals surface area contributed by atoms with Gasteiger partial charge in [0.2, 0.25) is 0 Å². The lowest BCUT2D eigenvalue weighted by Crippen LogP contribution is -2.01. The Morgan fingerprint density at radius 1 is 1.38 bits per heavy atom. The van der Waals surface area contributed by atoms with Crippen LogP contribution in [-0.2, 0) is 0 Å². The largest absolute Gasteiger partial charge is 0.494 e. The first-order valence-corrected chi connectivity index (χ1v) is 5.71. The summed E-state index contributed by atoms with van der Waals surface area (Å²) in [5.41, 5.74) is 0.311. The van der Waals surface area contributed by atoms with Crippen molar-refractivity contribution in [2.75, 3.05) is 7.11 Å². The summed E-state index contributed by atoms with van der Waals surface area (Å²) in [6, 6.07) is 4.80. The second-order valence-electron chi connectivity index (χ2n) is 3.17. The molecule has 1 N–H and O–H groups in total. The van der Waals surface area contributed by atoms with Crippen molar-refractivity contribution in [2.24, 2.45) is 0 Å². The van der Waals surface area contributed by atoms with Crippen LogP contribution >= 0.6 is 0 Å². The SMILES string of the molecule is CC.CCCC(O)c1cccc(OC)c1F. The van der Waals surface area contributed by atoms with Crippen molar-refractivity contribution in [3.63, 3.8) is 0 Å². The molecular formula is C13H21FO2. The summed E-state index contributed by atoms with van der Waals surface area (Å²) in [4.78, 5) is 0. The molecule has 1 atom stereocenters. The van der Waals surface area contributed by atoms with Crippen LogP contribution in [0.25, 0.3) is 0 Å². The molecular weight excluding hydrogens is 207 g/mol. The predicted molar refractivity (Wildman–Crippen MR) is 64.2 cm³/mol. The highest BCUT2D eigenvalue weighted by atomic mass is 19.1. The molecule has 2 nitrogen and oxygen atoms in total. The highest BCUT2D eigenvalue weighted by molar-refractivity contribution is 5.32. The predicted octanol–water partition coefficient (Wildman–Crippen LogP) is 3.69. The molecule has 1 rings (SSSR count). The molecule has 3 heteroatoms. The van der Waals surface area contributed by atoms with Crippen molar-refractivity contribution >= 4 is 0 Å². The first kappa shape index (κ1) is 14.9. The maximum atomic E-state index is 13.6. The van der Waals surface area contributed by atoms with E-state index in [1.54, 1.807) is 12.1 Å². The van der Waals surface area contributed by atoms with Gasteiger partial charge in [-0.25, -0.2) is 4.39 Å². The number of aliphatic hydroxyl groups is 1. The van der Waals surface area contributed by atoms with Gasteiger partial charge < -0.3 is 9.84 Å². The monoisotopic (exact) mass is 228 g/mol. The number of rotatable bonds is 4. The van der Waals surface area contributed by atoms with Gasteiger partial charge in [0.1, 0.15) is 0 Å². The van der Waals surface area contributed by atoms with Crippen molar-refractivity contribution < 1.29 is 14.2 Å². The van der Waals surface area contributed by atoms with Gasteiger partial charge >= 0.3 is 0 Å². The Morgan fingerprint density at radius 2 is 2.00 bits per heavy atom. The molecule has 0 aliphatic heterocycles. The standard InChI is InChI=1S/C11H15FO2.C2H6/c1-3-5-9(13)8-6-4-7-10(14-2)11(8)12;1-2/h4,6-7,9,13H,3,5H2,1-2H3;1-2H3. The Morgan fingerprint density at radius 3 is 2.50 bits per heavy atom. The molecule has 0 aliphatic rings. The van der Waals surface area contributed by atoms with Crippen molar-refractivity contribution in [1.82, 2.24) is 0 Å². The second-order valence-corrected chi connectivity index (χ2v) is 3.17. The molecule has 92 valence electrons. The Labute approximate surface area is 97.1 Å². The Kier molecular flexibility index (Phi) is 7.56. The van der Waals surface area contributed by atoms with E-state index in [1.165, 1.54) is 13.2 Å². The first-order valence-electron chi connectivity index (χ1n) is 5.71. The molecule has 1 unspecified atom stereocenters. The Hall–Kier alpha value is -1.09. The smallest absolute Gasteiger partial charge is 0.170 e. The summed E-state index contributed by atoms with van der Waals surface area (Å²) >= 11 is 0. The van der Waals surface area contributed by atoms with Gasteiger partial charge in [-0.05, 0) is 12.5 Å². The average Bonchev–Trinajstić information content (AvgIpc) is 2.32. The third-order valence-electron chi connectivity index (χ3n) is 2.13. The summed E-state index contributed by atoms with van der Waals surface area (Å²) in [5, 5.41) is 9.63. The van der Waals surface area contributed by atoms with Crippen LogP contribution in [0.3, 0.4) is 0 Å². The molecule has 0 spiro atoms. The van der Waals surface area contributed by atoms with Crippen molar-refractivity contribution in [2.45, 2.75) is 39.7 Å². The molecule has 0 aromatic heterocycles. The maximum absolute atomic E-state index is 13.6. The van der Waals surface area contributed by atoms with E-state index < -0.39 is 11.9 Å². The lowest BCUT2D eigenvalue weighted by molar-refractivity contribution is 0.161. The number of benzene rings is 1. The van der Waals surface area contributed by atoms with Crippen LogP contribution in [0.1, 0.15) is 45.3 Å². The molecule has 1 aromatic rings. The third kappa shape index (κ3) is 3.81. The summed E-state index contributed by atoms with van der Waals surface area (Å²) < 4.78 is 18.4. The van der Waals surface area contributed by atoms with Gasteiger partial charge in [0.05, 0.1) is 13.2 Å². The minimum Gasteiger partial charge on any atom is -0.494 e. The Balaban J connectivity index is 0.00000106. The van der Waals surface area contributed by atoms with Gasteiger partial charge in [-0.3, -0.25) is 0 Å². The van der Waals surface area contributed by atoms with E-state index >= 15 is 0 Å². The van der Waals surface area contributed by atoms with Gasteiger partial charge in [-0.1, -0.05) is 39.3 Å². The molecule has 0 radical (unpaired) electrons. The lowest BCUT2D eigenvalue weighted by atomic mass is 10.0. The van der Waals surface area contributed by atoms with E-state index in [-0.39, 0.29) is 5.75 Å². The number of ether oxygens (including phenoxy) is 1. The topological polar surface area (TPSA) is 29.5 Å². The summed E-state index contributed by atoms with van der Waals surface area (Å²) in [7, 11) is 1.41. The maximum Gasteiger partial charge on any atom is 0.170 e. The van der Waals surface area contributed by atoms with E-state index in [2.05, 4.69) is 0 Å². The van der Waals surface area contributed by atoms with E-state index in [0.29, 0.717) is 12.0 Å². The Bertz CT molecular complexity index is 300. The fraction of sp³-hybridized carbons (Fsp3) is 0.538. The zero-order chi connectivity index (χ0) is 12.6. The molecule has 0 heterocycles. The van der Waals surface area contributed by atoms with Crippen LogP contribution < -0.4 is 4.74 Å². The summed E-state index contributed by atoms with van der Waals surface area (Å²) in [5.74, 6) is -0.284. The molecule has 0 saturated heterocycles. The average molecular weight is 228 g/mol. The molecule has 16 heavy (non-hydrogen) atoms. The number of hydrogen-bond acceptors (Lipinski definition) is 2. The van der Waals surface area contributed by atoms with Gasteiger partial charge in [0, 0.05) is 5.56 Å². The molecule has 0 fully saturated rings. The third-order valence-corrected chi connectivity index (χ3v) is 2.13. The van der Waals surface area contributed by atoms with Crippen molar-refractivity contribution in [3.05, 3.63) is 29.6 Å². The summed E-state index contributed by atoms with van der Waals surface area (Å²) in [6.07, 6.45) is 0.636. The van der Waals surface area contributed by atoms with Crippen LogP contribution in [0.4, 0.5) is 4.39 Å². The molecule has 0 saturated carbocycles. The number of aliphatic hydroxyl groups excluding tert-OH is 1. The van der Waals surface area contributed by atoms with E-state index in [9.17, 15) is 9.50 Å².